The Labute approximate surface area is 107 Å². The number of piperidine rings is 1. The zero-order chi connectivity index (χ0) is 12.5. The highest BCUT2D eigenvalue weighted by Gasteiger charge is 2.37. The van der Waals surface area contributed by atoms with Gasteiger partial charge in [-0.25, -0.2) is 4.39 Å². The van der Waals surface area contributed by atoms with Crippen molar-refractivity contribution in [1.82, 2.24) is 4.90 Å². The minimum Gasteiger partial charge on any atom is -0.378 e. The molecule has 1 aromatic carbocycles. The molecular weight excluding hydrogens is 231 g/mol. The van der Waals surface area contributed by atoms with Gasteiger partial charge in [0.15, 0.2) is 0 Å². The molecule has 0 amide bonds. The van der Waals surface area contributed by atoms with Crippen molar-refractivity contribution in [2.45, 2.75) is 37.5 Å². The van der Waals surface area contributed by atoms with Crippen molar-refractivity contribution in [2.75, 3.05) is 13.2 Å². The number of morpholine rings is 1. The van der Waals surface area contributed by atoms with Crippen LogP contribution in [0.5, 0.6) is 0 Å². The van der Waals surface area contributed by atoms with Gasteiger partial charge >= 0.3 is 0 Å². The first-order valence-corrected chi connectivity index (χ1v) is 6.56. The Balaban J connectivity index is 1.75. The number of fused-ring (bicyclic) bond motifs is 2. The molecule has 2 N–H and O–H groups in total. The standard InChI is InChI=1S/C14H19FN2O/c15-11-3-1-2-10(4-11)7-17-13-5-12(16)6-14(17)9-18-8-13/h1-4,12-14H,5-9,16H2/t12-,13-,14+. The molecule has 2 aliphatic rings. The summed E-state index contributed by atoms with van der Waals surface area (Å²) in [4.78, 5) is 2.43. The monoisotopic (exact) mass is 250 g/mol. The number of ether oxygens (including phenoxy) is 1. The number of nitrogens with two attached hydrogens (primary N) is 1. The third-order valence-corrected chi connectivity index (χ3v) is 3.96. The van der Waals surface area contributed by atoms with Crippen LogP contribution in [-0.2, 0) is 11.3 Å². The second kappa shape index (κ2) is 4.96. The lowest BCUT2D eigenvalue weighted by Gasteiger charge is -2.47. The molecule has 0 spiro atoms. The highest BCUT2D eigenvalue weighted by atomic mass is 19.1. The van der Waals surface area contributed by atoms with Crippen LogP contribution in [0.1, 0.15) is 18.4 Å². The second-order valence-corrected chi connectivity index (χ2v) is 5.38. The van der Waals surface area contributed by atoms with Crippen molar-refractivity contribution in [2.24, 2.45) is 5.73 Å². The quantitative estimate of drug-likeness (QED) is 0.865. The van der Waals surface area contributed by atoms with Gasteiger partial charge < -0.3 is 10.5 Å². The summed E-state index contributed by atoms with van der Waals surface area (Å²) >= 11 is 0. The predicted molar refractivity (Wildman–Crippen MR) is 67.5 cm³/mol. The van der Waals surface area contributed by atoms with Gasteiger partial charge in [-0.15, -0.1) is 0 Å². The molecule has 2 bridgehead atoms. The van der Waals surface area contributed by atoms with Gasteiger partial charge in [-0.1, -0.05) is 12.1 Å². The fourth-order valence-electron chi connectivity index (χ4n) is 3.14. The van der Waals surface area contributed by atoms with E-state index in [0.29, 0.717) is 12.1 Å². The molecule has 3 nitrogen and oxygen atoms in total. The molecule has 2 fully saturated rings. The maximum absolute atomic E-state index is 13.2. The maximum atomic E-state index is 13.2. The summed E-state index contributed by atoms with van der Waals surface area (Å²) in [7, 11) is 0. The van der Waals surface area contributed by atoms with Crippen molar-refractivity contribution in [1.29, 1.82) is 0 Å². The largest absolute Gasteiger partial charge is 0.378 e. The van der Waals surface area contributed by atoms with Crippen molar-refractivity contribution < 1.29 is 9.13 Å². The van der Waals surface area contributed by atoms with Gasteiger partial charge in [-0.3, -0.25) is 4.90 Å². The first-order chi connectivity index (χ1) is 8.72. The van der Waals surface area contributed by atoms with Gasteiger partial charge in [0.25, 0.3) is 0 Å². The fraction of sp³-hybridized carbons (Fsp3) is 0.571. The molecule has 2 saturated heterocycles. The second-order valence-electron chi connectivity index (χ2n) is 5.38. The van der Waals surface area contributed by atoms with E-state index in [9.17, 15) is 4.39 Å². The third-order valence-electron chi connectivity index (χ3n) is 3.96. The average molecular weight is 250 g/mol. The highest BCUT2D eigenvalue weighted by Crippen LogP contribution is 2.28. The zero-order valence-corrected chi connectivity index (χ0v) is 10.4. The van der Waals surface area contributed by atoms with Crippen LogP contribution in [-0.4, -0.2) is 36.2 Å². The van der Waals surface area contributed by atoms with Crippen molar-refractivity contribution >= 4 is 0 Å². The summed E-state index contributed by atoms with van der Waals surface area (Å²) in [6.07, 6.45) is 1.96. The summed E-state index contributed by atoms with van der Waals surface area (Å²) in [5.41, 5.74) is 7.09. The van der Waals surface area contributed by atoms with Crippen LogP contribution in [0.25, 0.3) is 0 Å². The first kappa shape index (κ1) is 12.1. The number of hydrogen-bond acceptors (Lipinski definition) is 3. The minimum atomic E-state index is -0.164. The zero-order valence-electron chi connectivity index (χ0n) is 10.4. The number of hydrogen-bond donors (Lipinski definition) is 1. The van der Waals surface area contributed by atoms with Gasteiger partial charge in [0.2, 0.25) is 0 Å². The van der Waals surface area contributed by atoms with E-state index >= 15 is 0 Å². The molecule has 0 aliphatic carbocycles. The van der Waals surface area contributed by atoms with Gasteiger partial charge in [0, 0.05) is 24.7 Å². The molecule has 18 heavy (non-hydrogen) atoms. The van der Waals surface area contributed by atoms with E-state index in [1.54, 1.807) is 12.1 Å². The topological polar surface area (TPSA) is 38.5 Å². The molecule has 0 radical (unpaired) electrons. The van der Waals surface area contributed by atoms with Gasteiger partial charge in [0.05, 0.1) is 13.2 Å². The molecule has 2 heterocycles. The van der Waals surface area contributed by atoms with Crippen LogP contribution < -0.4 is 5.73 Å². The van der Waals surface area contributed by atoms with E-state index in [4.69, 9.17) is 10.5 Å². The van der Waals surface area contributed by atoms with Crippen LogP contribution in [0, 0.1) is 5.82 Å². The summed E-state index contributed by atoms with van der Waals surface area (Å²) in [6.45, 7) is 2.29. The molecule has 98 valence electrons. The van der Waals surface area contributed by atoms with Gasteiger partial charge in [-0.05, 0) is 30.5 Å². The van der Waals surface area contributed by atoms with Crippen LogP contribution >= 0.6 is 0 Å². The summed E-state index contributed by atoms with van der Waals surface area (Å²) in [5.74, 6) is -0.164. The fourth-order valence-corrected chi connectivity index (χ4v) is 3.14. The summed E-state index contributed by atoms with van der Waals surface area (Å²) in [5, 5.41) is 0. The first-order valence-electron chi connectivity index (χ1n) is 6.56. The maximum Gasteiger partial charge on any atom is 0.123 e. The molecule has 0 saturated carbocycles. The molecular formula is C14H19FN2O. The van der Waals surface area contributed by atoms with E-state index in [-0.39, 0.29) is 11.9 Å². The van der Waals surface area contributed by atoms with Crippen LogP contribution in [0.4, 0.5) is 4.39 Å². The third kappa shape index (κ3) is 2.41. The van der Waals surface area contributed by atoms with E-state index in [0.717, 1.165) is 38.2 Å². The van der Waals surface area contributed by atoms with Crippen molar-refractivity contribution in [3.63, 3.8) is 0 Å². The Bertz CT molecular complexity index is 412. The smallest absolute Gasteiger partial charge is 0.123 e. The van der Waals surface area contributed by atoms with Gasteiger partial charge in [0.1, 0.15) is 5.82 Å². The van der Waals surface area contributed by atoms with E-state index in [1.165, 1.54) is 6.07 Å². The Morgan fingerprint density at radius 1 is 1.28 bits per heavy atom. The number of benzene rings is 1. The summed E-state index contributed by atoms with van der Waals surface area (Å²) in [6, 6.07) is 7.91. The SMILES string of the molecule is N[C@H]1C[C@H]2COC[C@@H](C1)N2Cc1cccc(F)c1. The van der Waals surface area contributed by atoms with Crippen molar-refractivity contribution in [3.05, 3.63) is 35.6 Å². The highest BCUT2D eigenvalue weighted by molar-refractivity contribution is 5.17. The van der Waals surface area contributed by atoms with E-state index in [1.807, 2.05) is 6.07 Å². The number of rotatable bonds is 2. The average Bonchev–Trinajstić information content (AvgIpc) is 2.30. The van der Waals surface area contributed by atoms with E-state index < -0.39 is 0 Å². The molecule has 0 aromatic heterocycles. The van der Waals surface area contributed by atoms with Crippen LogP contribution in [0.3, 0.4) is 0 Å². The van der Waals surface area contributed by atoms with Crippen LogP contribution in [0.2, 0.25) is 0 Å². The number of halogens is 1. The Morgan fingerprint density at radius 3 is 2.67 bits per heavy atom. The lowest BCUT2D eigenvalue weighted by Crippen LogP contribution is -2.58. The molecule has 3 rings (SSSR count). The minimum absolute atomic E-state index is 0.164. The summed E-state index contributed by atoms with van der Waals surface area (Å²) < 4.78 is 18.8. The normalized spacial score (nSPS) is 32.4. The lowest BCUT2D eigenvalue weighted by atomic mass is 9.90. The van der Waals surface area contributed by atoms with Crippen LogP contribution in [0.15, 0.2) is 24.3 Å². The molecule has 4 heteroatoms. The Morgan fingerprint density at radius 2 is 2.00 bits per heavy atom. The van der Waals surface area contributed by atoms with E-state index in [2.05, 4.69) is 4.90 Å². The molecule has 0 unspecified atom stereocenters. The molecule has 2 aliphatic heterocycles. The Kier molecular flexibility index (Phi) is 3.33. The van der Waals surface area contributed by atoms with Gasteiger partial charge in [-0.2, -0.15) is 0 Å². The molecule has 3 atom stereocenters. The van der Waals surface area contributed by atoms with Crippen molar-refractivity contribution in [3.8, 4) is 0 Å². The predicted octanol–water partition coefficient (Wildman–Crippen LogP) is 1.52. The Hall–Kier alpha value is -0.970. The molecule has 1 aromatic rings. The lowest BCUT2D eigenvalue weighted by molar-refractivity contribution is -0.0819. The number of nitrogens with zero attached hydrogens (tertiary/aromatic N) is 1.